The van der Waals surface area contributed by atoms with E-state index in [9.17, 15) is 24.3 Å². The molecular weight excluding hydrogens is 516 g/mol. The Hall–Kier alpha value is -3.63. The molecule has 0 aliphatic carbocycles. The average molecular weight is 565 g/mol. The second kappa shape index (κ2) is 21.2. The van der Waals surface area contributed by atoms with Crippen LogP contribution in [-0.2, 0) is 30.4 Å². The van der Waals surface area contributed by atoms with Crippen molar-refractivity contribution < 1.29 is 34.2 Å². The summed E-state index contributed by atoms with van der Waals surface area (Å²) in [5.74, 6) is -2.07. The van der Waals surface area contributed by atoms with Crippen molar-refractivity contribution in [3.63, 3.8) is 0 Å². The van der Waals surface area contributed by atoms with E-state index in [0.29, 0.717) is 38.6 Å². The van der Waals surface area contributed by atoms with Gasteiger partial charge in [-0.3, -0.25) is 24.0 Å². The maximum Gasteiger partial charge on any atom is 0.300 e. The lowest BCUT2D eigenvalue weighted by atomic mass is 9.97. The van der Waals surface area contributed by atoms with Crippen LogP contribution in [0.15, 0.2) is 24.3 Å². The second-order valence-corrected chi connectivity index (χ2v) is 9.91. The normalized spacial score (nSPS) is 12.6. The van der Waals surface area contributed by atoms with E-state index < -0.39 is 24.0 Å². The number of carbonyl (C=O) groups excluding carboxylic acids is 4. The third-order valence-electron chi connectivity index (χ3n) is 6.23. The van der Waals surface area contributed by atoms with Crippen molar-refractivity contribution in [3.05, 3.63) is 29.8 Å². The zero-order valence-electron chi connectivity index (χ0n) is 24.3. The van der Waals surface area contributed by atoms with Crippen LogP contribution in [-0.4, -0.2) is 58.4 Å². The van der Waals surface area contributed by atoms with E-state index in [1.54, 1.807) is 12.1 Å². The minimum atomic E-state index is -0.850. The summed E-state index contributed by atoms with van der Waals surface area (Å²) in [5, 5.41) is 25.6. The summed E-state index contributed by atoms with van der Waals surface area (Å²) < 4.78 is 0. The van der Waals surface area contributed by atoms with Gasteiger partial charge < -0.3 is 31.9 Å². The Morgan fingerprint density at radius 2 is 1.48 bits per heavy atom. The number of carboxylic acids is 1. The molecule has 0 radical (unpaired) electrons. The van der Waals surface area contributed by atoms with E-state index in [4.69, 9.17) is 15.6 Å². The van der Waals surface area contributed by atoms with E-state index >= 15 is 0 Å². The second-order valence-electron chi connectivity index (χ2n) is 9.91. The van der Waals surface area contributed by atoms with Crippen molar-refractivity contribution >= 4 is 29.6 Å². The standard InChI is InChI=1S/C27H44N4O5.C2H4O2/c1-4-6-8-12-24(34)30-22(18-20-13-15-21(32)16-14-20)26(35)31-25(19(3)5-2)27(36)29-17-10-7-9-11-23(28)33;1-2(3)4/h13-16,19,22,25,32H,4-12,17-18H2,1-3H3,(H2,28,33)(H,29,36)(H,30,34)(H,31,35);1H3,(H,3,4)/t19-,22-,25-;/m0./s1. The first kappa shape index (κ1) is 36.4. The minimum Gasteiger partial charge on any atom is -0.508 e. The molecule has 0 fully saturated rings. The number of carbonyl (C=O) groups is 5. The number of aromatic hydroxyl groups is 1. The number of phenols is 1. The fraction of sp³-hybridized carbons (Fsp3) is 0.621. The summed E-state index contributed by atoms with van der Waals surface area (Å²) in [4.78, 5) is 58.6. The Kier molecular flexibility index (Phi) is 19.3. The van der Waals surface area contributed by atoms with Gasteiger partial charge in [0.15, 0.2) is 0 Å². The Morgan fingerprint density at radius 1 is 0.875 bits per heavy atom. The van der Waals surface area contributed by atoms with Gasteiger partial charge in [0.2, 0.25) is 23.6 Å². The van der Waals surface area contributed by atoms with Crippen molar-refractivity contribution in [1.82, 2.24) is 16.0 Å². The topological polar surface area (TPSA) is 188 Å². The molecule has 0 saturated heterocycles. The van der Waals surface area contributed by atoms with Crippen LogP contribution in [0.5, 0.6) is 5.75 Å². The van der Waals surface area contributed by atoms with E-state index in [1.807, 2.05) is 13.8 Å². The molecule has 11 nitrogen and oxygen atoms in total. The number of nitrogens with one attached hydrogen (secondary N) is 3. The molecule has 0 unspecified atom stereocenters. The predicted octanol–water partition coefficient (Wildman–Crippen LogP) is 2.78. The SMILES string of the molecule is CC(=O)O.CCCCCC(=O)N[C@@H](Cc1ccc(O)cc1)C(=O)N[C@H](C(=O)NCCCCCC(N)=O)[C@@H](C)CC. The molecule has 0 aliphatic heterocycles. The molecule has 40 heavy (non-hydrogen) atoms. The van der Waals surface area contributed by atoms with Crippen molar-refractivity contribution in [1.29, 1.82) is 0 Å². The maximum absolute atomic E-state index is 13.3. The van der Waals surface area contributed by atoms with E-state index in [-0.39, 0.29) is 35.8 Å². The highest BCUT2D eigenvalue weighted by molar-refractivity contribution is 5.92. The summed E-state index contributed by atoms with van der Waals surface area (Å²) in [6, 6.07) is 4.88. The van der Waals surface area contributed by atoms with Crippen LogP contribution in [0.4, 0.5) is 0 Å². The van der Waals surface area contributed by atoms with Gasteiger partial charge in [0.25, 0.3) is 5.97 Å². The lowest BCUT2D eigenvalue weighted by Gasteiger charge is -2.26. The number of phenolic OH excluding ortho intramolecular Hbond substituents is 1. The summed E-state index contributed by atoms with van der Waals surface area (Å²) >= 11 is 0. The first-order valence-corrected chi connectivity index (χ1v) is 14.0. The van der Waals surface area contributed by atoms with E-state index in [0.717, 1.165) is 38.2 Å². The Balaban J connectivity index is 0.00000354. The molecule has 1 rings (SSSR count). The molecule has 0 bridgehead atoms. The van der Waals surface area contributed by atoms with Gasteiger partial charge in [-0.15, -0.1) is 0 Å². The largest absolute Gasteiger partial charge is 0.508 e. The third kappa shape index (κ3) is 17.8. The molecule has 226 valence electrons. The summed E-state index contributed by atoms with van der Waals surface area (Å²) in [7, 11) is 0. The zero-order valence-corrected chi connectivity index (χ0v) is 24.3. The van der Waals surface area contributed by atoms with Crippen LogP contribution >= 0.6 is 0 Å². The fourth-order valence-corrected chi connectivity index (χ4v) is 3.76. The van der Waals surface area contributed by atoms with Gasteiger partial charge in [0.1, 0.15) is 17.8 Å². The highest BCUT2D eigenvalue weighted by Crippen LogP contribution is 2.13. The van der Waals surface area contributed by atoms with Crippen LogP contribution in [0.2, 0.25) is 0 Å². The van der Waals surface area contributed by atoms with E-state index in [2.05, 4.69) is 22.9 Å². The zero-order chi connectivity index (χ0) is 30.5. The van der Waals surface area contributed by atoms with Crippen molar-refractivity contribution in [3.8, 4) is 5.75 Å². The summed E-state index contributed by atoms with van der Waals surface area (Å²) in [6.45, 7) is 7.42. The molecule has 1 aromatic rings. The van der Waals surface area contributed by atoms with Gasteiger partial charge in [-0.05, 0) is 42.9 Å². The average Bonchev–Trinajstić information content (AvgIpc) is 2.89. The third-order valence-corrected chi connectivity index (χ3v) is 6.23. The lowest BCUT2D eigenvalue weighted by molar-refractivity contribution is -0.134. The molecule has 4 amide bonds. The Bertz CT molecular complexity index is 917. The van der Waals surface area contributed by atoms with Crippen molar-refractivity contribution in [2.75, 3.05) is 6.54 Å². The van der Waals surface area contributed by atoms with Crippen LogP contribution in [0.3, 0.4) is 0 Å². The number of nitrogens with two attached hydrogens (primary N) is 1. The fourth-order valence-electron chi connectivity index (χ4n) is 3.76. The van der Waals surface area contributed by atoms with Gasteiger partial charge in [0.05, 0.1) is 0 Å². The quantitative estimate of drug-likeness (QED) is 0.148. The highest BCUT2D eigenvalue weighted by Gasteiger charge is 2.29. The molecule has 0 heterocycles. The number of unbranched alkanes of at least 4 members (excludes halogenated alkanes) is 4. The van der Waals surface area contributed by atoms with Crippen molar-refractivity contribution in [2.45, 2.75) is 104 Å². The molecule has 11 heteroatoms. The monoisotopic (exact) mass is 564 g/mol. The lowest BCUT2D eigenvalue weighted by Crippen LogP contribution is -2.56. The number of rotatable bonds is 18. The number of aliphatic carboxylic acids is 1. The molecule has 3 atom stereocenters. The maximum atomic E-state index is 13.3. The molecule has 0 spiro atoms. The van der Waals surface area contributed by atoms with Gasteiger partial charge in [-0.25, -0.2) is 0 Å². The number of carboxylic acid groups (broad SMARTS) is 1. The number of primary amides is 1. The van der Waals surface area contributed by atoms with Gasteiger partial charge in [0, 0.05) is 32.7 Å². The number of amides is 4. The molecular formula is C29H48N4O7. The highest BCUT2D eigenvalue weighted by atomic mass is 16.4. The predicted molar refractivity (Wildman–Crippen MR) is 153 cm³/mol. The smallest absolute Gasteiger partial charge is 0.300 e. The molecule has 0 saturated carbocycles. The summed E-state index contributed by atoms with van der Waals surface area (Å²) in [5.41, 5.74) is 5.92. The van der Waals surface area contributed by atoms with Crippen molar-refractivity contribution in [2.24, 2.45) is 11.7 Å². The first-order chi connectivity index (χ1) is 18.9. The number of hydrogen-bond acceptors (Lipinski definition) is 6. The Labute approximate surface area is 237 Å². The van der Waals surface area contributed by atoms with Gasteiger partial charge in [-0.1, -0.05) is 58.6 Å². The minimum absolute atomic E-state index is 0.113. The molecule has 0 aromatic heterocycles. The number of hydrogen-bond donors (Lipinski definition) is 6. The van der Waals surface area contributed by atoms with Crippen LogP contribution in [0.25, 0.3) is 0 Å². The van der Waals surface area contributed by atoms with Gasteiger partial charge >= 0.3 is 0 Å². The van der Waals surface area contributed by atoms with Crippen LogP contribution in [0.1, 0.15) is 91.0 Å². The van der Waals surface area contributed by atoms with Crippen LogP contribution in [0, 0.1) is 5.92 Å². The number of benzene rings is 1. The molecule has 7 N–H and O–H groups in total. The van der Waals surface area contributed by atoms with E-state index in [1.165, 1.54) is 12.1 Å². The first-order valence-electron chi connectivity index (χ1n) is 14.0. The summed E-state index contributed by atoms with van der Waals surface area (Å²) in [6.07, 6.45) is 6.39. The van der Waals surface area contributed by atoms with Gasteiger partial charge in [-0.2, -0.15) is 0 Å². The molecule has 0 aliphatic rings. The van der Waals surface area contributed by atoms with Crippen LogP contribution < -0.4 is 21.7 Å². The molecule has 1 aromatic carbocycles. The Morgan fingerprint density at radius 3 is 2.02 bits per heavy atom.